The minimum atomic E-state index is -0.441. The molecule has 7 nitrogen and oxygen atoms in total. The molecule has 9 heteroatoms. The number of pyridine rings is 1. The number of thiophene rings is 1. The second-order valence-electron chi connectivity index (χ2n) is 8.09. The van der Waals surface area contributed by atoms with E-state index in [9.17, 15) is 18.8 Å². The van der Waals surface area contributed by atoms with Crippen molar-refractivity contribution in [3.63, 3.8) is 0 Å². The van der Waals surface area contributed by atoms with Crippen LogP contribution in [0.1, 0.15) is 59.9 Å². The maximum absolute atomic E-state index is 13.7. The molecule has 1 aromatic carbocycles. The van der Waals surface area contributed by atoms with Crippen LogP contribution in [0.25, 0.3) is 0 Å². The van der Waals surface area contributed by atoms with Gasteiger partial charge >= 0.3 is 0 Å². The highest BCUT2D eigenvalue weighted by atomic mass is 32.1. The summed E-state index contributed by atoms with van der Waals surface area (Å²) in [6, 6.07) is 7.64. The van der Waals surface area contributed by atoms with Gasteiger partial charge in [-0.2, -0.15) is 0 Å². The van der Waals surface area contributed by atoms with Gasteiger partial charge in [-0.1, -0.05) is 6.07 Å². The largest absolute Gasteiger partial charge is 0.350 e. The lowest BCUT2D eigenvalue weighted by Crippen LogP contribution is -2.35. The van der Waals surface area contributed by atoms with Crippen molar-refractivity contribution in [2.45, 2.75) is 32.6 Å². The number of amides is 3. The molecule has 0 saturated heterocycles. The number of nitrogens with zero attached hydrogens (tertiary/aromatic N) is 1. The van der Waals surface area contributed by atoms with Gasteiger partial charge in [0.2, 0.25) is 0 Å². The topological polar surface area (TPSA) is 100 Å². The van der Waals surface area contributed by atoms with Gasteiger partial charge in [-0.3, -0.25) is 19.4 Å². The summed E-state index contributed by atoms with van der Waals surface area (Å²) >= 11 is 1.44. The first-order chi connectivity index (χ1) is 16.4. The van der Waals surface area contributed by atoms with Crippen molar-refractivity contribution in [2.24, 2.45) is 0 Å². The minimum Gasteiger partial charge on any atom is -0.350 e. The van der Waals surface area contributed by atoms with Crippen molar-refractivity contribution in [1.29, 1.82) is 0 Å². The molecule has 0 spiro atoms. The fourth-order valence-electron chi connectivity index (χ4n) is 3.84. The predicted octanol–water partition coefficient (Wildman–Crippen LogP) is 3.88. The van der Waals surface area contributed by atoms with Gasteiger partial charge in [0.25, 0.3) is 17.7 Å². The molecular weight excluding hydrogens is 455 g/mol. The summed E-state index contributed by atoms with van der Waals surface area (Å²) in [7, 11) is 0. The van der Waals surface area contributed by atoms with Gasteiger partial charge in [0.1, 0.15) is 10.8 Å². The van der Waals surface area contributed by atoms with Crippen LogP contribution in [0.4, 0.5) is 9.39 Å². The molecule has 176 valence electrons. The molecule has 34 heavy (non-hydrogen) atoms. The Hall–Kier alpha value is -3.59. The third-order valence-corrected chi connectivity index (χ3v) is 6.89. The van der Waals surface area contributed by atoms with E-state index in [1.165, 1.54) is 23.6 Å². The van der Waals surface area contributed by atoms with E-state index < -0.39 is 11.7 Å². The van der Waals surface area contributed by atoms with Gasteiger partial charge in [0.05, 0.1) is 11.1 Å². The molecule has 4 rings (SSSR count). The first-order valence-electron chi connectivity index (χ1n) is 11.1. The van der Waals surface area contributed by atoms with Gasteiger partial charge in [0, 0.05) is 35.9 Å². The number of aryl methyl sites for hydroxylation is 2. The lowest BCUT2D eigenvalue weighted by molar-refractivity contribution is 0.0927. The maximum Gasteiger partial charge on any atom is 0.257 e. The molecule has 0 bridgehead atoms. The van der Waals surface area contributed by atoms with E-state index in [2.05, 4.69) is 20.9 Å². The summed E-state index contributed by atoms with van der Waals surface area (Å²) in [5, 5.41) is 8.92. The van der Waals surface area contributed by atoms with E-state index in [0.717, 1.165) is 36.1 Å². The average molecular weight is 481 g/mol. The van der Waals surface area contributed by atoms with E-state index in [0.29, 0.717) is 21.7 Å². The lowest BCUT2D eigenvalue weighted by Gasteiger charge is -2.13. The van der Waals surface area contributed by atoms with Gasteiger partial charge in [0.15, 0.2) is 0 Å². The number of hydrogen-bond acceptors (Lipinski definition) is 5. The Morgan fingerprint density at radius 1 is 1.00 bits per heavy atom. The van der Waals surface area contributed by atoms with Crippen LogP contribution in [-0.2, 0) is 12.8 Å². The molecule has 1 aliphatic carbocycles. The van der Waals surface area contributed by atoms with Crippen LogP contribution in [0.3, 0.4) is 0 Å². The number of benzene rings is 1. The molecular formula is C25H25FN4O3S. The van der Waals surface area contributed by atoms with E-state index in [1.807, 2.05) is 0 Å². The van der Waals surface area contributed by atoms with E-state index in [-0.39, 0.29) is 30.5 Å². The van der Waals surface area contributed by atoms with Gasteiger partial charge in [-0.15, -0.1) is 11.3 Å². The first kappa shape index (κ1) is 23.6. The molecule has 0 unspecified atom stereocenters. The highest BCUT2D eigenvalue weighted by Crippen LogP contribution is 2.38. The van der Waals surface area contributed by atoms with Crippen LogP contribution >= 0.6 is 11.3 Å². The van der Waals surface area contributed by atoms with Crippen molar-refractivity contribution in [1.82, 2.24) is 15.6 Å². The van der Waals surface area contributed by atoms with Crippen LogP contribution in [0.5, 0.6) is 0 Å². The summed E-state index contributed by atoms with van der Waals surface area (Å²) < 4.78 is 13.7. The molecule has 0 radical (unpaired) electrons. The van der Waals surface area contributed by atoms with Gasteiger partial charge < -0.3 is 16.0 Å². The number of fused-ring (bicyclic) bond motifs is 1. The Morgan fingerprint density at radius 2 is 1.76 bits per heavy atom. The van der Waals surface area contributed by atoms with Crippen molar-refractivity contribution < 1.29 is 18.8 Å². The van der Waals surface area contributed by atoms with E-state index >= 15 is 0 Å². The number of halogens is 1. The van der Waals surface area contributed by atoms with Gasteiger partial charge in [-0.25, -0.2) is 4.39 Å². The lowest BCUT2D eigenvalue weighted by atomic mass is 9.95. The molecule has 0 fully saturated rings. The molecule has 3 aromatic rings. The fourth-order valence-corrected chi connectivity index (χ4v) is 5.12. The predicted molar refractivity (Wildman–Crippen MR) is 129 cm³/mol. The molecule has 2 aromatic heterocycles. The van der Waals surface area contributed by atoms with Crippen molar-refractivity contribution in [3.05, 3.63) is 81.2 Å². The smallest absolute Gasteiger partial charge is 0.257 e. The number of anilines is 1. The van der Waals surface area contributed by atoms with Crippen LogP contribution in [-0.4, -0.2) is 35.8 Å². The summed E-state index contributed by atoms with van der Waals surface area (Å²) in [4.78, 5) is 43.1. The molecule has 0 saturated carbocycles. The second kappa shape index (κ2) is 10.6. The SMILES string of the molecule is Cc1ccc(C(=O)NCCNC(=O)c2c(NC(=O)c3cccnc3)sc3c2CCCC3)cc1F. The highest BCUT2D eigenvalue weighted by molar-refractivity contribution is 7.17. The number of carbonyl (C=O) groups excluding carboxylic acids is 3. The Morgan fingerprint density at radius 3 is 2.50 bits per heavy atom. The van der Waals surface area contributed by atoms with Crippen molar-refractivity contribution >= 4 is 34.1 Å². The third-order valence-electron chi connectivity index (χ3n) is 5.68. The molecule has 0 aliphatic heterocycles. The monoisotopic (exact) mass is 480 g/mol. The van der Waals surface area contributed by atoms with Crippen LogP contribution < -0.4 is 16.0 Å². The standard InChI is InChI=1S/C25H25FN4O3S/c1-15-8-9-16(13-19(15)26)22(31)28-11-12-29-24(33)21-18-6-2-3-7-20(18)34-25(21)30-23(32)17-5-4-10-27-14-17/h4-5,8-10,13-14H,2-3,6-7,11-12H2,1H3,(H,28,31)(H,29,33)(H,30,32). The molecule has 1 aliphatic rings. The number of hydrogen-bond donors (Lipinski definition) is 3. The molecule has 3 N–H and O–H groups in total. The van der Waals surface area contributed by atoms with Crippen molar-refractivity contribution in [2.75, 3.05) is 18.4 Å². The Labute approximate surface area is 200 Å². The Bertz CT molecular complexity index is 1230. The molecule has 3 amide bonds. The first-order valence-corrected chi connectivity index (χ1v) is 11.9. The highest BCUT2D eigenvalue weighted by Gasteiger charge is 2.26. The zero-order valence-electron chi connectivity index (χ0n) is 18.7. The molecule has 2 heterocycles. The third kappa shape index (κ3) is 5.31. The summed E-state index contributed by atoms with van der Waals surface area (Å²) in [6.45, 7) is 2.01. The second-order valence-corrected chi connectivity index (χ2v) is 9.19. The number of aromatic nitrogens is 1. The Kier molecular flexibility index (Phi) is 7.32. The number of nitrogens with one attached hydrogen (secondary N) is 3. The van der Waals surface area contributed by atoms with Crippen molar-refractivity contribution in [3.8, 4) is 0 Å². The van der Waals surface area contributed by atoms with Crippen LogP contribution in [0, 0.1) is 12.7 Å². The Balaban J connectivity index is 1.40. The number of rotatable bonds is 7. The quantitative estimate of drug-likeness (QED) is 0.447. The van der Waals surface area contributed by atoms with Gasteiger partial charge in [-0.05, 0) is 68.0 Å². The summed E-state index contributed by atoms with van der Waals surface area (Å²) in [6.07, 6.45) is 6.78. The average Bonchev–Trinajstić information content (AvgIpc) is 3.21. The van der Waals surface area contributed by atoms with E-state index in [4.69, 9.17) is 0 Å². The summed E-state index contributed by atoms with van der Waals surface area (Å²) in [5.41, 5.74) is 2.57. The minimum absolute atomic E-state index is 0.184. The normalized spacial score (nSPS) is 12.5. The van der Waals surface area contributed by atoms with Crippen LogP contribution in [0.2, 0.25) is 0 Å². The fraction of sp³-hybridized carbons (Fsp3) is 0.280. The zero-order valence-corrected chi connectivity index (χ0v) is 19.6. The van der Waals surface area contributed by atoms with Crippen LogP contribution in [0.15, 0.2) is 42.7 Å². The zero-order chi connectivity index (χ0) is 24.1. The molecule has 0 atom stereocenters. The van der Waals surface area contributed by atoms with E-state index in [1.54, 1.807) is 37.4 Å². The summed E-state index contributed by atoms with van der Waals surface area (Å²) in [5.74, 6) is -1.47. The number of carbonyl (C=O) groups is 3. The maximum atomic E-state index is 13.7.